The van der Waals surface area contributed by atoms with Crippen molar-refractivity contribution in [3.8, 4) is 5.75 Å². The van der Waals surface area contributed by atoms with Gasteiger partial charge in [-0.3, -0.25) is 0 Å². The van der Waals surface area contributed by atoms with Gasteiger partial charge in [0.25, 0.3) is 0 Å². The minimum Gasteiger partial charge on any atom is -0.494 e. The molecule has 0 spiro atoms. The lowest BCUT2D eigenvalue weighted by Gasteiger charge is -2.03. The van der Waals surface area contributed by atoms with E-state index in [4.69, 9.17) is 4.74 Å². The number of allylic oxidation sites excluding steroid dienone is 1. The van der Waals surface area contributed by atoms with Crippen LogP contribution in [0.5, 0.6) is 5.75 Å². The molecule has 0 saturated carbocycles. The quantitative estimate of drug-likeness (QED) is 0.513. The average molecular weight is 192 g/mol. The van der Waals surface area contributed by atoms with Gasteiger partial charge in [-0.1, -0.05) is 6.58 Å². The Morgan fingerprint density at radius 2 is 2.07 bits per heavy atom. The SMILES string of the molecule is C=C=CCCCOc1ccc(F)cc1. The highest BCUT2D eigenvalue weighted by Gasteiger charge is 1.93. The van der Waals surface area contributed by atoms with Gasteiger partial charge in [-0.05, 0) is 43.2 Å². The number of unbranched alkanes of at least 4 members (excludes halogenated alkanes) is 1. The fourth-order valence-corrected chi connectivity index (χ4v) is 1.01. The molecule has 0 aliphatic rings. The normalized spacial score (nSPS) is 9.21. The van der Waals surface area contributed by atoms with Crippen LogP contribution >= 0.6 is 0 Å². The van der Waals surface area contributed by atoms with Crippen molar-refractivity contribution in [1.29, 1.82) is 0 Å². The molecular formula is C12H13FO. The molecule has 1 aromatic carbocycles. The third-order valence-corrected chi connectivity index (χ3v) is 1.72. The Hall–Kier alpha value is -1.53. The first kappa shape index (κ1) is 10.6. The van der Waals surface area contributed by atoms with E-state index in [1.165, 1.54) is 12.1 Å². The molecule has 1 aromatic rings. The van der Waals surface area contributed by atoms with Crippen molar-refractivity contribution in [2.75, 3.05) is 6.61 Å². The summed E-state index contributed by atoms with van der Waals surface area (Å²) in [5.41, 5.74) is 2.69. The number of hydrogen-bond acceptors (Lipinski definition) is 1. The van der Waals surface area contributed by atoms with Crippen molar-refractivity contribution in [3.63, 3.8) is 0 Å². The van der Waals surface area contributed by atoms with E-state index in [9.17, 15) is 4.39 Å². The fraction of sp³-hybridized carbons (Fsp3) is 0.250. The largest absolute Gasteiger partial charge is 0.494 e. The van der Waals surface area contributed by atoms with Gasteiger partial charge < -0.3 is 4.74 Å². The zero-order valence-electron chi connectivity index (χ0n) is 8.00. The molecule has 0 aliphatic heterocycles. The summed E-state index contributed by atoms with van der Waals surface area (Å²) in [6.45, 7) is 4.09. The average Bonchev–Trinajstić information content (AvgIpc) is 2.21. The number of rotatable bonds is 5. The molecule has 74 valence electrons. The maximum absolute atomic E-state index is 12.5. The van der Waals surface area contributed by atoms with E-state index in [0.717, 1.165) is 12.8 Å². The maximum atomic E-state index is 12.5. The molecule has 0 heterocycles. The first-order valence-corrected chi connectivity index (χ1v) is 4.55. The standard InChI is InChI=1S/C12H13FO/c1-2-3-4-5-10-14-12-8-6-11(13)7-9-12/h3,6-9H,1,4-5,10H2. The molecule has 2 heteroatoms. The van der Waals surface area contributed by atoms with Gasteiger partial charge in [0, 0.05) is 0 Å². The van der Waals surface area contributed by atoms with E-state index in [-0.39, 0.29) is 5.82 Å². The number of halogens is 1. The second kappa shape index (κ2) is 6.01. The molecule has 0 bridgehead atoms. The van der Waals surface area contributed by atoms with Crippen molar-refractivity contribution in [1.82, 2.24) is 0 Å². The highest BCUT2D eigenvalue weighted by atomic mass is 19.1. The molecule has 0 radical (unpaired) electrons. The van der Waals surface area contributed by atoms with Gasteiger partial charge in [0.15, 0.2) is 0 Å². The Kier molecular flexibility index (Phi) is 4.53. The zero-order chi connectivity index (χ0) is 10.2. The van der Waals surface area contributed by atoms with Gasteiger partial charge in [-0.15, -0.1) is 5.73 Å². The molecule has 0 aliphatic carbocycles. The van der Waals surface area contributed by atoms with Crippen LogP contribution < -0.4 is 4.74 Å². The Balaban J connectivity index is 2.24. The van der Waals surface area contributed by atoms with E-state index in [2.05, 4.69) is 12.3 Å². The Morgan fingerprint density at radius 3 is 2.71 bits per heavy atom. The molecule has 1 rings (SSSR count). The first-order valence-electron chi connectivity index (χ1n) is 4.55. The van der Waals surface area contributed by atoms with Crippen LogP contribution in [0, 0.1) is 5.82 Å². The van der Waals surface area contributed by atoms with Gasteiger partial charge in [-0.25, -0.2) is 4.39 Å². The molecule has 14 heavy (non-hydrogen) atoms. The lowest BCUT2D eigenvalue weighted by molar-refractivity contribution is 0.311. The molecule has 0 N–H and O–H groups in total. The van der Waals surface area contributed by atoms with Crippen LogP contribution in [0.15, 0.2) is 42.7 Å². The van der Waals surface area contributed by atoms with E-state index in [0.29, 0.717) is 12.4 Å². The summed E-state index contributed by atoms with van der Waals surface area (Å²) in [7, 11) is 0. The van der Waals surface area contributed by atoms with Crippen LogP contribution in [0.25, 0.3) is 0 Å². The maximum Gasteiger partial charge on any atom is 0.123 e. The van der Waals surface area contributed by atoms with Crippen LogP contribution in [0.2, 0.25) is 0 Å². The molecule has 0 unspecified atom stereocenters. The molecule has 0 atom stereocenters. The predicted octanol–water partition coefficient (Wildman–Crippen LogP) is 3.33. The van der Waals surface area contributed by atoms with Crippen LogP contribution in [0.1, 0.15) is 12.8 Å². The summed E-state index contributed by atoms with van der Waals surface area (Å²) < 4.78 is 17.9. The van der Waals surface area contributed by atoms with Crippen LogP contribution in [-0.4, -0.2) is 6.61 Å². The summed E-state index contributed by atoms with van der Waals surface area (Å²) in [5.74, 6) is 0.459. The smallest absolute Gasteiger partial charge is 0.123 e. The summed E-state index contributed by atoms with van der Waals surface area (Å²) in [5, 5.41) is 0. The predicted molar refractivity (Wildman–Crippen MR) is 54.8 cm³/mol. The number of ether oxygens (including phenoxy) is 1. The first-order chi connectivity index (χ1) is 6.83. The third kappa shape index (κ3) is 3.92. The summed E-state index contributed by atoms with van der Waals surface area (Å²) >= 11 is 0. The van der Waals surface area contributed by atoms with Crippen LogP contribution in [0.3, 0.4) is 0 Å². The molecule has 0 amide bonds. The van der Waals surface area contributed by atoms with Crippen molar-refractivity contribution < 1.29 is 9.13 Å². The summed E-state index contributed by atoms with van der Waals surface area (Å²) in [4.78, 5) is 0. The van der Waals surface area contributed by atoms with E-state index in [1.807, 2.05) is 6.08 Å². The van der Waals surface area contributed by atoms with Gasteiger partial charge >= 0.3 is 0 Å². The van der Waals surface area contributed by atoms with Gasteiger partial charge in [-0.2, -0.15) is 0 Å². The minimum absolute atomic E-state index is 0.244. The van der Waals surface area contributed by atoms with Crippen molar-refractivity contribution in [2.24, 2.45) is 0 Å². The Bertz CT molecular complexity index is 310. The van der Waals surface area contributed by atoms with Gasteiger partial charge in [0.1, 0.15) is 11.6 Å². The second-order valence-corrected chi connectivity index (χ2v) is 2.85. The molecule has 1 nitrogen and oxygen atoms in total. The van der Waals surface area contributed by atoms with E-state index >= 15 is 0 Å². The number of hydrogen-bond donors (Lipinski definition) is 0. The van der Waals surface area contributed by atoms with Gasteiger partial charge in [0.2, 0.25) is 0 Å². The summed E-state index contributed by atoms with van der Waals surface area (Å²) in [6, 6.07) is 6.02. The monoisotopic (exact) mass is 192 g/mol. The molecule has 0 aromatic heterocycles. The molecular weight excluding hydrogens is 179 g/mol. The highest BCUT2D eigenvalue weighted by molar-refractivity contribution is 5.21. The van der Waals surface area contributed by atoms with E-state index < -0.39 is 0 Å². The second-order valence-electron chi connectivity index (χ2n) is 2.85. The summed E-state index contributed by atoms with van der Waals surface area (Å²) in [6.07, 6.45) is 3.69. The fourth-order valence-electron chi connectivity index (χ4n) is 1.01. The van der Waals surface area contributed by atoms with Crippen LogP contribution in [-0.2, 0) is 0 Å². The van der Waals surface area contributed by atoms with Crippen molar-refractivity contribution >= 4 is 0 Å². The minimum atomic E-state index is -0.244. The molecule has 0 fully saturated rings. The van der Waals surface area contributed by atoms with Crippen molar-refractivity contribution in [3.05, 3.63) is 48.5 Å². The topological polar surface area (TPSA) is 9.23 Å². The Labute approximate surface area is 83.5 Å². The lowest BCUT2D eigenvalue weighted by Crippen LogP contribution is -1.96. The highest BCUT2D eigenvalue weighted by Crippen LogP contribution is 2.11. The lowest BCUT2D eigenvalue weighted by atomic mass is 10.3. The van der Waals surface area contributed by atoms with Crippen LogP contribution in [0.4, 0.5) is 4.39 Å². The van der Waals surface area contributed by atoms with Gasteiger partial charge in [0.05, 0.1) is 6.61 Å². The van der Waals surface area contributed by atoms with E-state index in [1.54, 1.807) is 12.1 Å². The molecule has 0 saturated heterocycles. The van der Waals surface area contributed by atoms with Crippen molar-refractivity contribution in [2.45, 2.75) is 12.8 Å². The Morgan fingerprint density at radius 1 is 1.36 bits per heavy atom. The zero-order valence-corrected chi connectivity index (χ0v) is 8.00. The third-order valence-electron chi connectivity index (χ3n) is 1.72. The number of benzene rings is 1.